The van der Waals surface area contributed by atoms with Gasteiger partial charge in [0.1, 0.15) is 0 Å². The largest absolute Gasteiger partial charge is 0.353 e. The Hall–Kier alpha value is -1.29. The molecule has 0 aliphatic rings. The van der Waals surface area contributed by atoms with Gasteiger partial charge in [-0.3, -0.25) is 4.79 Å². The Morgan fingerprint density at radius 2 is 2.00 bits per heavy atom. The number of thiophene rings is 1. The number of aromatic nitrogens is 1. The summed E-state index contributed by atoms with van der Waals surface area (Å²) in [6.07, 6.45) is 0.845. The van der Waals surface area contributed by atoms with Gasteiger partial charge in [-0.05, 0) is 30.3 Å². The van der Waals surface area contributed by atoms with Crippen LogP contribution in [0.1, 0.15) is 10.4 Å². The predicted molar refractivity (Wildman–Crippen MR) is 77.0 cm³/mol. The van der Waals surface area contributed by atoms with Crippen molar-refractivity contribution in [3.63, 3.8) is 0 Å². The number of hydrogen-bond donors (Lipinski definition) is 1. The highest BCUT2D eigenvalue weighted by Gasteiger charge is 2.14. The first-order valence-corrected chi connectivity index (χ1v) is 6.78. The lowest BCUT2D eigenvalue weighted by Gasteiger charge is -1.93. The van der Waals surface area contributed by atoms with Crippen LogP contribution in [0.15, 0.2) is 30.3 Å². The van der Waals surface area contributed by atoms with Crippen molar-refractivity contribution in [1.82, 2.24) is 4.98 Å². The number of aldehydes is 1. The Morgan fingerprint density at radius 1 is 1.17 bits per heavy atom. The Morgan fingerprint density at radius 3 is 2.67 bits per heavy atom. The molecule has 18 heavy (non-hydrogen) atoms. The van der Waals surface area contributed by atoms with Crippen LogP contribution in [0.5, 0.6) is 0 Å². The number of carbonyl (C=O) groups is 1. The number of nitrogens with one attached hydrogen (secondary N) is 1. The maximum Gasteiger partial charge on any atom is 0.152 e. The molecule has 2 aromatic heterocycles. The van der Waals surface area contributed by atoms with Crippen molar-refractivity contribution < 1.29 is 4.79 Å². The molecule has 0 saturated heterocycles. The lowest BCUT2D eigenvalue weighted by atomic mass is 10.1. The Labute approximate surface area is 117 Å². The standard InChI is InChI=1S/C13H7Cl2NOS/c14-7-1-2-10-8(5-7)9(6-17)13(16-10)11-3-4-12(15)18-11/h1-6,16H. The fourth-order valence-corrected chi connectivity index (χ4v) is 3.18. The van der Waals surface area contributed by atoms with Gasteiger partial charge >= 0.3 is 0 Å². The average molecular weight is 296 g/mol. The fourth-order valence-electron chi connectivity index (χ4n) is 1.95. The maximum absolute atomic E-state index is 11.3. The van der Waals surface area contributed by atoms with E-state index in [9.17, 15) is 4.79 Å². The first kappa shape index (κ1) is 11.8. The van der Waals surface area contributed by atoms with Crippen molar-refractivity contribution in [2.24, 2.45) is 0 Å². The zero-order valence-electron chi connectivity index (χ0n) is 9.04. The van der Waals surface area contributed by atoms with E-state index in [1.165, 1.54) is 11.3 Å². The van der Waals surface area contributed by atoms with Crippen molar-refractivity contribution in [1.29, 1.82) is 0 Å². The second-order valence-electron chi connectivity index (χ2n) is 3.83. The molecule has 2 heterocycles. The Bertz CT molecular complexity index is 745. The van der Waals surface area contributed by atoms with Gasteiger partial charge < -0.3 is 4.98 Å². The molecule has 0 aliphatic carbocycles. The molecule has 2 nitrogen and oxygen atoms in total. The summed E-state index contributed by atoms with van der Waals surface area (Å²) in [4.78, 5) is 15.5. The van der Waals surface area contributed by atoms with Crippen LogP contribution in [-0.4, -0.2) is 11.3 Å². The number of hydrogen-bond acceptors (Lipinski definition) is 2. The van der Waals surface area contributed by atoms with Crippen molar-refractivity contribution in [2.75, 3.05) is 0 Å². The van der Waals surface area contributed by atoms with Crippen LogP contribution in [0.3, 0.4) is 0 Å². The molecule has 0 amide bonds. The van der Waals surface area contributed by atoms with Crippen LogP contribution in [0.2, 0.25) is 9.36 Å². The van der Waals surface area contributed by atoms with Gasteiger partial charge in [0.2, 0.25) is 0 Å². The molecule has 1 N–H and O–H groups in total. The summed E-state index contributed by atoms with van der Waals surface area (Å²) in [5, 5.41) is 1.44. The van der Waals surface area contributed by atoms with Crippen LogP contribution >= 0.6 is 34.5 Å². The smallest absolute Gasteiger partial charge is 0.152 e. The Kier molecular flexibility index (Phi) is 2.90. The number of H-pyrrole nitrogens is 1. The van der Waals surface area contributed by atoms with E-state index in [-0.39, 0.29) is 0 Å². The van der Waals surface area contributed by atoms with E-state index in [2.05, 4.69) is 4.98 Å². The van der Waals surface area contributed by atoms with E-state index in [1.807, 2.05) is 18.2 Å². The minimum Gasteiger partial charge on any atom is -0.353 e. The zero-order chi connectivity index (χ0) is 12.7. The summed E-state index contributed by atoms with van der Waals surface area (Å²) in [6.45, 7) is 0. The average Bonchev–Trinajstić information content (AvgIpc) is 2.91. The van der Waals surface area contributed by atoms with Gasteiger partial charge in [0.15, 0.2) is 6.29 Å². The molecule has 0 aliphatic heterocycles. The van der Waals surface area contributed by atoms with Gasteiger partial charge in [-0.1, -0.05) is 23.2 Å². The van der Waals surface area contributed by atoms with Gasteiger partial charge in [-0.25, -0.2) is 0 Å². The quantitative estimate of drug-likeness (QED) is 0.662. The lowest BCUT2D eigenvalue weighted by molar-refractivity contribution is 0.112. The van der Waals surface area contributed by atoms with Crippen LogP contribution in [0.25, 0.3) is 21.5 Å². The third kappa shape index (κ3) is 1.85. The van der Waals surface area contributed by atoms with Gasteiger partial charge in [0, 0.05) is 21.5 Å². The SMILES string of the molecule is O=Cc1c(-c2ccc(Cl)s2)[nH]c2ccc(Cl)cc12. The van der Waals surface area contributed by atoms with Crippen molar-refractivity contribution >= 4 is 51.7 Å². The number of benzene rings is 1. The van der Waals surface area contributed by atoms with Crippen LogP contribution in [-0.2, 0) is 0 Å². The molecule has 0 bridgehead atoms. The highest BCUT2D eigenvalue weighted by Crippen LogP contribution is 2.35. The second-order valence-corrected chi connectivity index (χ2v) is 5.98. The summed E-state index contributed by atoms with van der Waals surface area (Å²) >= 11 is 13.3. The number of halogens is 2. The molecule has 0 radical (unpaired) electrons. The molecule has 0 unspecified atom stereocenters. The molecule has 0 atom stereocenters. The topological polar surface area (TPSA) is 32.9 Å². The minimum absolute atomic E-state index is 0.611. The van der Waals surface area contributed by atoms with E-state index < -0.39 is 0 Å². The normalized spacial score (nSPS) is 11.0. The fraction of sp³-hybridized carbons (Fsp3) is 0. The lowest BCUT2D eigenvalue weighted by Crippen LogP contribution is -1.80. The van der Waals surface area contributed by atoms with Crippen LogP contribution < -0.4 is 0 Å². The molecule has 1 aromatic carbocycles. The number of rotatable bonds is 2. The molecule has 0 fully saturated rings. The summed E-state index contributed by atoms with van der Waals surface area (Å²) in [5.74, 6) is 0. The third-order valence-corrected chi connectivity index (χ3v) is 4.22. The first-order valence-electron chi connectivity index (χ1n) is 5.21. The molecule has 5 heteroatoms. The molecule has 3 rings (SSSR count). The molecule has 0 saturated carbocycles. The van der Waals surface area contributed by atoms with E-state index in [0.717, 1.165) is 27.8 Å². The summed E-state index contributed by atoms with van der Waals surface area (Å²) in [6, 6.07) is 9.15. The molecule has 0 spiro atoms. The second kappa shape index (κ2) is 4.43. The molecular weight excluding hydrogens is 289 g/mol. The minimum atomic E-state index is 0.611. The third-order valence-electron chi connectivity index (χ3n) is 2.74. The first-order chi connectivity index (χ1) is 8.69. The van der Waals surface area contributed by atoms with Crippen LogP contribution in [0, 0.1) is 0 Å². The number of aromatic amines is 1. The molecule has 90 valence electrons. The van der Waals surface area contributed by atoms with Gasteiger partial charge in [-0.2, -0.15) is 0 Å². The zero-order valence-corrected chi connectivity index (χ0v) is 11.4. The Balaban J connectivity index is 2.32. The van der Waals surface area contributed by atoms with Crippen molar-refractivity contribution in [2.45, 2.75) is 0 Å². The highest BCUT2D eigenvalue weighted by atomic mass is 35.5. The maximum atomic E-state index is 11.3. The summed E-state index contributed by atoms with van der Waals surface area (Å²) in [7, 11) is 0. The highest BCUT2D eigenvalue weighted by molar-refractivity contribution is 7.19. The molecular formula is C13H7Cl2NOS. The molecule has 3 aromatic rings. The van der Waals surface area contributed by atoms with Crippen molar-refractivity contribution in [3.05, 3.63) is 45.3 Å². The van der Waals surface area contributed by atoms with Crippen LogP contribution in [0.4, 0.5) is 0 Å². The van der Waals surface area contributed by atoms with E-state index in [1.54, 1.807) is 12.1 Å². The van der Waals surface area contributed by atoms with Crippen molar-refractivity contribution in [3.8, 4) is 10.6 Å². The van der Waals surface area contributed by atoms with E-state index in [0.29, 0.717) is 14.9 Å². The van der Waals surface area contributed by atoms with Gasteiger partial charge in [-0.15, -0.1) is 11.3 Å². The summed E-state index contributed by atoms with van der Waals surface area (Å²) in [5.41, 5.74) is 2.30. The number of carbonyl (C=O) groups excluding carboxylic acids is 1. The number of fused-ring (bicyclic) bond motifs is 1. The predicted octanol–water partition coefficient (Wildman–Crippen LogP) is 5.02. The van der Waals surface area contributed by atoms with E-state index in [4.69, 9.17) is 23.2 Å². The van der Waals surface area contributed by atoms with E-state index >= 15 is 0 Å². The monoisotopic (exact) mass is 295 g/mol. The van der Waals surface area contributed by atoms with Gasteiger partial charge in [0.25, 0.3) is 0 Å². The summed E-state index contributed by atoms with van der Waals surface area (Å²) < 4.78 is 0.693. The van der Waals surface area contributed by atoms with Gasteiger partial charge in [0.05, 0.1) is 14.9 Å².